The Bertz CT molecular complexity index is 1460. The summed E-state index contributed by atoms with van der Waals surface area (Å²) in [7, 11) is -1.94. The first-order valence-electron chi connectivity index (χ1n) is 8.95. The highest BCUT2D eigenvalue weighted by atomic mass is 35.5. The van der Waals surface area contributed by atoms with Crippen molar-refractivity contribution in [2.24, 2.45) is 12.0 Å². The van der Waals surface area contributed by atoms with Crippen molar-refractivity contribution in [3.8, 4) is 0 Å². The minimum Gasteiger partial charge on any atom is -0.319 e. The maximum Gasteiger partial charge on any atom is 0.279 e. The zero-order valence-corrected chi connectivity index (χ0v) is 19.2. The summed E-state index contributed by atoms with van der Waals surface area (Å²) in [6, 6.07) is 17.4. The number of halogens is 2. The Balaban J connectivity index is 1.57. The van der Waals surface area contributed by atoms with Gasteiger partial charge in [-0.15, -0.1) is 0 Å². The van der Waals surface area contributed by atoms with E-state index in [1.807, 2.05) is 23.7 Å². The average Bonchev–Trinajstić information content (AvgIpc) is 3.03. The molecular weight excluding hydrogens is 477 g/mol. The molecule has 158 valence electrons. The smallest absolute Gasteiger partial charge is 0.279 e. The summed E-state index contributed by atoms with van der Waals surface area (Å²) in [5.74, 6) is -0.430. The third kappa shape index (κ3) is 4.67. The number of carbonyl (C=O) groups excluding carboxylic acids is 1. The standard InChI is InChI=1S/C21H15Cl2N3O3S2/c1-26-18-11-6-15(23)12-19(18)30-21(26)24-20(27)13-2-7-16(8-3-13)25-31(28,29)17-9-4-14(22)5-10-17/h2-12,25H,1H3. The summed E-state index contributed by atoms with van der Waals surface area (Å²) in [5, 5.41) is 1.06. The number of anilines is 1. The van der Waals surface area contributed by atoms with E-state index in [4.69, 9.17) is 23.2 Å². The summed E-state index contributed by atoms with van der Waals surface area (Å²) in [6.07, 6.45) is 0. The van der Waals surface area contributed by atoms with E-state index in [0.717, 1.165) is 10.2 Å². The molecule has 0 atom stereocenters. The highest BCUT2D eigenvalue weighted by Gasteiger charge is 2.14. The van der Waals surface area contributed by atoms with Gasteiger partial charge in [-0.1, -0.05) is 34.5 Å². The maximum atomic E-state index is 12.6. The first-order valence-corrected chi connectivity index (χ1v) is 12.0. The Kier molecular flexibility index (Phi) is 5.90. The van der Waals surface area contributed by atoms with Crippen LogP contribution in [0, 0.1) is 0 Å². The number of carbonyl (C=O) groups is 1. The van der Waals surface area contributed by atoms with Crippen molar-refractivity contribution in [1.29, 1.82) is 0 Å². The van der Waals surface area contributed by atoms with E-state index in [2.05, 4.69) is 9.71 Å². The molecule has 0 spiro atoms. The number of nitrogens with one attached hydrogen (secondary N) is 1. The number of hydrogen-bond acceptors (Lipinski definition) is 4. The van der Waals surface area contributed by atoms with Gasteiger partial charge in [0.15, 0.2) is 4.80 Å². The number of aryl methyl sites for hydroxylation is 1. The van der Waals surface area contributed by atoms with Crippen LogP contribution in [0.4, 0.5) is 5.69 Å². The van der Waals surface area contributed by atoms with Gasteiger partial charge in [0.2, 0.25) is 0 Å². The van der Waals surface area contributed by atoms with Gasteiger partial charge in [-0.3, -0.25) is 9.52 Å². The summed E-state index contributed by atoms with van der Waals surface area (Å²) in [6.45, 7) is 0. The SMILES string of the molecule is Cn1c(=NC(=O)c2ccc(NS(=O)(=O)c3ccc(Cl)cc3)cc2)sc2cc(Cl)ccc21. The molecule has 0 bridgehead atoms. The molecule has 0 aliphatic carbocycles. The molecular formula is C21H15Cl2N3O3S2. The second kappa shape index (κ2) is 8.47. The van der Waals surface area contributed by atoms with E-state index in [-0.39, 0.29) is 4.90 Å². The molecule has 0 radical (unpaired) electrons. The van der Waals surface area contributed by atoms with Gasteiger partial charge in [-0.25, -0.2) is 8.42 Å². The summed E-state index contributed by atoms with van der Waals surface area (Å²) < 4.78 is 30.2. The van der Waals surface area contributed by atoms with Crippen LogP contribution in [-0.4, -0.2) is 18.9 Å². The maximum absolute atomic E-state index is 12.6. The number of rotatable bonds is 4. The van der Waals surface area contributed by atoms with E-state index in [0.29, 0.717) is 26.1 Å². The molecule has 1 heterocycles. The molecule has 0 saturated carbocycles. The van der Waals surface area contributed by atoms with Crippen molar-refractivity contribution in [1.82, 2.24) is 4.57 Å². The van der Waals surface area contributed by atoms with Crippen LogP contribution < -0.4 is 9.52 Å². The molecule has 3 aromatic carbocycles. The molecule has 0 aliphatic rings. The fourth-order valence-corrected chi connectivity index (χ4v) is 5.35. The zero-order valence-electron chi connectivity index (χ0n) is 16.0. The van der Waals surface area contributed by atoms with Crippen molar-refractivity contribution in [3.05, 3.63) is 87.1 Å². The number of amides is 1. The van der Waals surface area contributed by atoms with Gasteiger partial charge in [-0.2, -0.15) is 4.99 Å². The van der Waals surface area contributed by atoms with E-state index in [1.165, 1.54) is 59.9 Å². The molecule has 10 heteroatoms. The fraction of sp³-hybridized carbons (Fsp3) is 0.0476. The molecule has 1 amide bonds. The Morgan fingerprint density at radius 3 is 2.29 bits per heavy atom. The molecule has 1 aromatic heterocycles. The third-order valence-electron chi connectivity index (χ3n) is 4.48. The van der Waals surface area contributed by atoms with Gasteiger partial charge in [0.1, 0.15) is 0 Å². The lowest BCUT2D eigenvalue weighted by Gasteiger charge is -2.08. The molecule has 4 rings (SSSR count). The van der Waals surface area contributed by atoms with Crippen LogP contribution in [0.1, 0.15) is 10.4 Å². The summed E-state index contributed by atoms with van der Waals surface area (Å²) in [5.41, 5.74) is 1.59. The topological polar surface area (TPSA) is 80.5 Å². The number of hydrogen-bond donors (Lipinski definition) is 1. The van der Waals surface area contributed by atoms with Gasteiger partial charge in [0.25, 0.3) is 15.9 Å². The van der Waals surface area contributed by atoms with E-state index < -0.39 is 15.9 Å². The third-order valence-corrected chi connectivity index (χ3v) is 7.46. The van der Waals surface area contributed by atoms with E-state index in [1.54, 1.807) is 6.07 Å². The molecule has 6 nitrogen and oxygen atoms in total. The normalized spacial score (nSPS) is 12.3. The highest BCUT2D eigenvalue weighted by molar-refractivity contribution is 7.92. The lowest BCUT2D eigenvalue weighted by atomic mass is 10.2. The van der Waals surface area contributed by atoms with Crippen molar-refractivity contribution < 1.29 is 13.2 Å². The van der Waals surface area contributed by atoms with Crippen molar-refractivity contribution >= 4 is 66.4 Å². The van der Waals surface area contributed by atoms with Crippen molar-refractivity contribution in [3.63, 3.8) is 0 Å². The monoisotopic (exact) mass is 491 g/mol. The van der Waals surface area contributed by atoms with Crippen molar-refractivity contribution in [2.45, 2.75) is 4.90 Å². The molecule has 31 heavy (non-hydrogen) atoms. The largest absolute Gasteiger partial charge is 0.319 e. The van der Waals surface area contributed by atoms with Gasteiger partial charge < -0.3 is 4.57 Å². The predicted molar refractivity (Wildman–Crippen MR) is 124 cm³/mol. The average molecular weight is 492 g/mol. The quantitative estimate of drug-likeness (QED) is 0.431. The Hall–Kier alpha value is -2.65. The van der Waals surface area contributed by atoms with Crippen LogP contribution >= 0.6 is 34.5 Å². The molecule has 0 saturated heterocycles. The van der Waals surface area contributed by atoms with E-state index >= 15 is 0 Å². The fourth-order valence-electron chi connectivity index (χ4n) is 2.87. The Labute approximate surface area is 192 Å². The van der Waals surface area contributed by atoms with Crippen LogP contribution in [0.5, 0.6) is 0 Å². The second-order valence-electron chi connectivity index (χ2n) is 6.61. The number of thiazole rings is 1. The number of sulfonamides is 1. The van der Waals surface area contributed by atoms with Crippen LogP contribution in [0.2, 0.25) is 10.0 Å². The minimum absolute atomic E-state index is 0.0874. The van der Waals surface area contributed by atoms with Crippen LogP contribution in [0.15, 0.2) is 76.6 Å². The van der Waals surface area contributed by atoms with Crippen LogP contribution in [0.3, 0.4) is 0 Å². The number of benzene rings is 3. The van der Waals surface area contributed by atoms with Gasteiger partial charge in [-0.05, 0) is 66.7 Å². The van der Waals surface area contributed by atoms with Gasteiger partial charge in [0.05, 0.1) is 15.1 Å². The lowest BCUT2D eigenvalue weighted by molar-refractivity contribution is 0.0998. The number of fused-ring (bicyclic) bond motifs is 1. The van der Waals surface area contributed by atoms with Crippen LogP contribution in [-0.2, 0) is 17.1 Å². The Morgan fingerprint density at radius 2 is 1.61 bits per heavy atom. The van der Waals surface area contributed by atoms with E-state index in [9.17, 15) is 13.2 Å². The van der Waals surface area contributed by atoms with Gasteiger partial charge >= 0.3 is 0 Å². The molecule has 4 aromatic rings. The van der Waals surface area contributed by atoms with Crippen molar-refractivity contribution in [2.75, 3.05) is 4.72 Å². The molecule has 0 fully saturated rings. The minimum atomic E-state index is -3.77. The second-order valence-corrected chi connectivity index (χ2v) is 10.2. The molecule has 1 N–H and O–H groups in total. The highest BCUT2D eigenvalue weighted by Crippen LogP contribution is 2.22. The first-order chi connectivity index (χ1) is 14.7. The lowest BCUT2D eigenvalue weighted by Crippen LogP contribution is -2.14. The number of nitrogens with zero attached hydrogens (tertiary/aromatic N) is 2. The first kappa shape index (κ1) is 21.6. The zero-order chi connectivity index (χ0) is 22.2. The summed E-state index contributed by atoms with van der Waals surface area (Å²) in [4.78, 5) is 17.4. The Morgan fingerprint density at radius 1 is 0.968 bits per heavy atom. The summed E-state index contributed by atoms with van der Waals surface area (Å²) >= 11 is 13.2. The van der Waals surface area contributed by atoms with Crippen LogP contribution in [0.25, 0.3) is 10.2 Å². The number of aromatic nitrogens is 1. The van der Waals surface area contributed by atoms with Gasteiger partial charge in [0, 0.05) is 28.3 Å². The molecule has 0 aliphatic heterocycles. The molecule has 0 unspecified atom stereocenters. The predicted octanol–water partition coefficient (Wildman–Crippen LogP) is 5.09.